The molecule has 80 valence electrons. The highest BCUT2D eigenvalue weighted by Gasteiger charge is 2.08. The topological polar surface area (TPSA) is 72.6 Å². The molecular formula is C9H8ClNO4. The lowest BCUT2D eigenvalue weighted by Gasteiger charge is -2.02. The van der Waals surface area contributed by atoms with E-state index in [0.717, 1.165) is 6.08 Å². The van der Waals surface area contributed by atoms with Gasteiger partial charge in [-0.2, -0.15) is 0 Å². The monoisotopic (exact) mass is 229 g/mol. The van der Waals surface area contributed by atoms with Gasteiger partial charge in [0.15, 0.2) is 0 Å². The zero-order valence-electron chi connectivity index (χ0n) is 7.81. The molecule has 15 heavy (non-hydrogen) atoms. The number of phenolic OH excluding ortho intramolecular Hbond substituents is 1. The molecule has 0 unspecified atom stereocenters. The van der Waals surface area contributed by atoms with Crippen LogP contribution in [0.1, 0.15) is 5.56 Å². The lowest BCUT2D eigenvalue weighted by molar-refractivity contribution is -0.410. The zero-order valence-corrected chi connectivity index (χ0v) is 8.56. The number of halogens is 1. The Balaban J connectivity index is 3.13. The van der Waals surface area contributed by atoms with Gasteiger partial charge in [-0.15, -0.1) is 0 Å². The molecule has 1 aromatic carbocycles. The van der Waals surface area contributed by atoms with Crippen molar-refractivity contribution in [1.29, 1.82) is 0 Å². The number of hydrogen-bond donors (Lipinski definition) is 1. The molecule has 1 aromatic rings. The molecular weight excluding hydrogens is 222 g/mol. The molecule has 0 radical (unpaired) electrons. The second-order valence-corrected chi connectivity index (χ2v) is 3.04. The highest BCUT2D eigenvalue weighted by molar-refractivity contribution is 6.29. The normalized spacial score (nSPS) is 11.2. The van der Waals surface area contributed by atoms with Gasteiger partial charge in [0.25, 0.3) is 0 Å². The van der Waals surface area contributed by atoms with E-state index in [1.165, 1.54) is 25.3 Å². The molecule has 5 nitrogen and oxygen atoms in total. The second-order valence-electron chi connectivity index (χ2n) is 2.65. The fraction of sp³-hybridized carbons (Fsp3) is 0.111. The van der Waals surface area contributed by atoms with Crippen molar-refractivity contribution in [2.45, 2.75) is 0 Å². The third-order valence-corrected chi connectivity index (χ3v) is 1.93. The highest BCUT2D eigenvalue weighted by Crippen LogP contribution is 2.25. The molecule has 1 N–H and O–H groups in total. The van der Waals surface area contributed by atoms with Gasteiger partial charge < -0.3 is 9.84 Å². The van der Waals surface area contributed by atoms with Gasteiger partial charge in [0.2, 0.25) is 0 Å². The minimum atomic E-state index is -0.750. The van der Waals surface area contributed by atoms with Crippen LogP contribution in [-0.4, -0.2) is 17.1 Å². The molecule has 0 atom stereocenters. The molecule has 0 bridgehead atoms. The van der Waals surface area contributed by atoms with Crippen LogP contribution in [0.5, 0.6) is 11.5 Å². The van der Waals surface area contributed by atoms with Crippen LogP contribution >= 0.6 is 11.6 Å². The summed E-state index contributed by atoms with van der Waals surface area (Å²) in [5.74, 6) is 0.377. The number of aromatic hydroxyl groups is 1. The number of rotatable bonds is 3. The van der Waals surface area contributed by atoms with Gasteiger partial charge in [-0.05, 0) is 29.8 Å². The van der Waals surface area contributed by atoms with E-state index in [0.29, 0.717) is 5.75 Å². The van der Waals surface area contributed by atoms with Crippen LogP contribution in [0.25, 0.3) is 6.08 Å². The number of ether oxygens (including phenoxy) is 1. The first-order valence-corrected chi connectivity index (χ1v) is 4.31. The maximum Gasteiger partial charge on any atom is 0.337 e. The first-order chi connectivity index (χ1) is 7.04. The van der Waals surface area contributed by atoms with Crippen molar-refractivity contribution in [2.75, 3.05) is 7.11 Å². The summed E-state index contributed by atoms with van der Waals surface area (Å²) in [5, 5.41) is 19.1. The van der Waals surface area contributed by atoms with Crippen LogP contribution in [0.3, 0.4) is 0 Å². The molecule has 0 aliphatic heterocycles. The van der Waals surface area contributed by atoms with Crippen LogP contribution in [0.2, 0.25) is 0 Å². The van der Waals surface area contributed by atoms with Gasteiger partial charge in [-0.3, -0.25) is 10.1 Å². The average molecular weight is 230 g/mol. The Morgan fingerprint density at radius 3 is 2.87 bits per heavy atom. The summed E-state index contributed by atoms with van der Waals surface area (Å²) in [6.45, 7) is 0. The van der Waals surface area contributed by atoms with E-state index in [1.807, 2.05) is 0 Å². The van der Waals surface area contributed by atoms with Crippen molar-refractivity contribution >= 4 is 17.7 Å². The van der Waals surface area contributed by atoms with Gasteiger partial charge in [0.1, 0.15) is 11.5 Å². The molecule has 1 rings (SSSR count). The highest BCUT2D eigenvalue weighted by atomic mass is 35.5. The van der Waals surface area contributed by atoms with E-state index in [-0.39, 0.29) is 11.3 Å². The van der Waals surface area contributed by atoms with Gasteiger partial charge in [-0.1, -0.05) is 0 Å². The molecule has 0 saturated carbocycles. The van der Waals surface area contributed by atoms with Gasteiger partial charge in [-0.25, -0.2) is 0 Å². The van der Waals surface area contributed by atoms with Crippen molar-refractivity contribution in [2.24, 2.45) is 0 Å². The Hall–Kier alpha value is -1.75. The summed E-state index contributed by atoms with van der Waals surface area (Å²) in [7, 11) is 1.45. The molecule has 0 spiro atoms. The van der Waals surface area contributed by atoms with Gasteiger partial charge in [0.05, 0.1) is 12.0 Å². The van der Waals surface area contributed by atoms with Crippen molar-refractivity contribution in [3.8, 4) is 11.5 Å². The molecule has 0 aromatic heterocycles. The Labute approximate surface area is 90.7 Å². The van der Waals surface area contributed by atoms with Crippen LogP contribution in [0.4, 0.5) is 0 Å². The second kappa shape index (κ2) is 4.65. The molecule has 0 aliphatic carbocycles. The summed E-state index contributed by atoms with van der Waals surface area (Å²) in [4.78, 5) is 9.51. The van der Waals surface area contributed by atoms with E-state index < -0.39 is 10.1 Å². The third-order valence-electron chi connectivity index (χ3n) is 1.68. The largest absolute Gasteiger partial charge is 0.507 e. The fourth-order valence-corrected chi connectivity index (χ4v) is 1.07. The Kier molecular flexibility index (Phi) is 3.51. The molecule has 0 amide bonds. The number of nitro groups is 1. The van der Waals surface area contributed by atoms with E-state index in [9.17, 15) is 15.2 Å². The van der Waals surface area contributed by atoms with Crippen LogP contribution in [-0.2, 0) is 0 Å². The third kappa shape index (κ3) is 2.85. The summed E-state index contributed by atoms with van der Waals surface area (Å²) in [6.07, 6.45) is 1.05. The van der Waals surface area contributed by atoms with Crippen molar-refractivity contribution in [3.63, 3.8) is 0 Å². The lowest BCUT2D eigenvalue weighted by atomic mass is 10.2. The van der Waals surface area contributed by atoms with Gasteiger partial charge in [0, 0.05) is 11.6 Å². The van der Waals surface area contributed by atoms with Crippen LogP contribution in [0, 0.1) is 10.1 Å². The fourth-order valence-electron chi connectivity index (χ4n) is 0.956. The molecule has 0 aliphatic rings. The summed E-state index contributed by atoms with van der Waals surface area (Å²) in [6, 6.07) is 4.35. The number of nitrogens with zero attached hydrogens (tertiary/aromatic N) is 1. The maximum absolute atomic E-state index is 10.3. The van der Waals surface area contributed by atoms with Crippen molar-refractivity contribution < 1.29 is 14.8 Å². The summed E-state index contributed by atoms with van der Waals surface area (Å²) >= 11 is 5.33. The average Bonchev–Trinajstić information content (AvgIpc) is 2.21. The number of hydrogen-bond acceptors (Lipinski definition) is 4. The van der Waals surface area contributed by atoms with Crippen molar-refractivity contribution in [1.82, 2.24) is 0 Å². The zero-order chi connectivity index (χ0) is 11.4. The first kappa shape index (κ1) is 11.3. The number of benzene rings is 1. The molecule has 0 saturated heterocycles. The van der Waals surface area contributed by atoms with Crippen LogP contribution < -0.4 is 4.74 Å². The number of phenols is 1. The molecule has 0 fully saturated rings. The Morgan fingerprint density at radius 1 is 1.67 bits per heavy atom. The first-order valence-electron chi connectivity index (χ1n) is 3.93. The predicted molar refractivity (Wildman–Crippen MR) is 55.5 cm³/mol. The molecule has 0 heterocycles. The number of methoxy groups -OCH3 is 1. The smallest absolute Gasteiger partial charge is 0.337 e. The van der Waals surface area contributed by atoms with E-state index in [1.54, 1.807) is 0 Å². The van der Waals surface area contributed by atoms with E-state index in [4.69, 9.17) is 16.3 Å². The minimum absolute atomic E-state index is 0.101. The standard InChI is InChI=1S/C9H8ClNO4/c1-15-7-2-3-8(12)6(4-7)5-9(10)11(13)14/h2-5,12H,1H3/b9-5+. The van der Waals surface area contributed by atoms with E-state index >= 15 is 0 Å². The SMILES string of the molecule is COc1ccc(O)c(/C=C(\Cl)[N+](=O)[O-])c1. The van der Waals surface area contributed by atoms with Gasteiger partial charge >= 0.3 is 5.16 Å². The quantitative estimate of drug-likeness (QED) is 0.490. The molecule has 6 heteroatoms. The summed E-state index contributed by atoms with van der Waals surface area (Å²) in [5.41, 5.74) is 0.232. The van der Waals surface area contributed by atoms with Crippen molar-refractivity contribution in [3.05, 3.63) is 39.0 Å². The van der Waals surface area contributed by atoms with E-state index in [2.05, 4.69) is 0 Å². The maximum atomic E-state index is 10.3. The Bertz CT molecular complexity index is 417. The minimum Gasteiger partial charge on any atom is -0.507 e. The Morgan fingerprint density at radius 2 is 2.33 bits per heavy atom. The summed E-state index contributed by atoms with van der Waals surface area (Å²) < 4.78 is 4.90. The lowest BCUT2D eigenvalue weighted by Crippen LogP contribution is -1.91. The van der Waals surface area contributed by atoms with Crippen LogP contribution in [0.15, 0.2) is 23.4 Å². The predicted octanol–water partition coefficient (Wildman–Crippen LogP) is 2.21.